The number of para-hydroxylation sites is 1. The van der Waals surface area contributed by atoms with Crippen LogP contribution in [0.4, 0.5) is 11.4 Å². The minimum atomic E-state index is -1.29. The summed E-state index contributed by atoms with van der Waals surface area (Å²) >= 11 is 13.0. The summed E-state index contributed by atoms with van der Waals surface area (Å²) in [5, 5.41) is 3.48. The van der Waals surface area contributed by atoms with E-state index in [1.54, 1.807) is 59.5 Å². The Morgan fingerprint density at radius 1 is 0.980 bits per heavy atom. The molecule has 1 aliphatic heterocycles. The lowest BCUT2D eigenvalue weighted by Gasteiger charge is -2.33. The van der Waals surface area contributed by atoms with Crippen LogP contribution < -0.4 is 19.7 Å². The maximum Gasteiger partial charge on any atom is 0.305 e. The van der Waals surface area contributed by atoms with Crippen LogP contribution in [-0.4, -0.2) is 64.3 Å². The van der Waals surface area contributed by atoms with E-state index in [1.807, 2.05) is 13.8 Å². The van der Waals surface area contributed by atoms with E-state index in [4.69, 9.17) is 46.9 Å². The van der Waals surface area contributed by atoms with Crippen molar-refractivity contribution in [1.29, 1.82) is 0 Å². The molecule has 0 saturated heterocycles. The molecule has 2 amide bonds. The molecule has 3 aromatic carbocycles. The highest BCUT2D eigenvalue weighted by Gasteiger charge is 2.41. The predicted molar refractivity (Wildman–Crippen MR) is 186 cm³/mol. The molecule has 4 rings (SSSR count). The molecule has 1 N–H and O–H groups in total. The molecule has 262 valence electrons. The number of amides is 2. The Hall–Kier alpha value is -4.32. The van der Waals surface area contributed by atoms with Crippen LogP contribution in [0.3, 0.4) is 0 Å². The number of hydrogen-bond acceptors (Lipinski definition) is 9. The molecular weight excluding hydrogens is 675 g/mol. The predicted octanol–water partition coefficient (Wildman–Crippen LogP) is 6.56. The molecule has 3 aromatic rings. The molecule has 0 bridgehead atoms. The summed E-state index contributed by atoms with van der Waals surface area (Å²) in [6.45, 7) is 5.21. The lowest BCUT2D eigenvalue weighted by Crippen LogP contribution is -2.46. The van der Waals surface area contributed by atoms with Crippen molar-refractivity contribution in [3.8, 4) is 11.5 Å². The third kappa shape index (κ3) is 9.44. The zero-order valence-electron chi connectivity index (χ0n) is 28.3. The van der Waals surface area contributed by atoms with Gasteiger partial charge in [-0.2, -0.15) is 0 Å². The lowest BCUT2D eigenvalue weighted by molar-refractivity contribution is -0.144. The fourth-order valence-electron chi connectivity index (χ4n) is 5.54. The van der Waals surface area contributed by atoms with Gasteiger partial charge in [-0.05, 0) is 48.4 Å². The third-order valence-electron chi connectivity index (χ3n) is 7.89. The molecule has 0 unspecified atom stereocenters. The number of benzene rings is 3. The van der Waals surface area contributed by atoms with Gasteiger partial charge in [0, 0.05) is 47.1 Å². The topological polar surface area (TPSA) is 130 Å². The van der Waals surface area contributed by atoms with Crippen molar-refractivity contribution in [2.24, 2.45) is 5.41 Å². The van der Waals surface area contributed by atoms with Gasteiger partial charge in [-0.15, -0.1) is 0 Å². The Morgan fingerprint density at radius 3 is 2.41 bits per heavy atom. The lowest BCUT2D eigenvalue weighted by atomic mass is 9.92. The van der Waals surface area contributed by atoms with Crippen LogP contribution in [0.25, 0.3) is 0 Å². The quantitative estimate of drug-likeness (QED) is 0.196. The van der Waals surface area contributed by atoms with E-state index < -0.39 is 35.4 Å². The van der Waals surface area contributed by atoms with Crippen molar-refractivity contribution in [2.75, 3.05) is 44.7 Å². The van der Waals surface area contributed by atoms with Gasteiger partial charge in [0.2, 0.25) is 5.91 Å². The molecule has 2 atom stereocenters. The summed E-state index contributed by atoms with van der Waals surface area (Å²) < 4.78 is 28.0. The maximum absolute atomic E-state index is 14.5. The van der Waals surface area contributed by atoms with Crippen molar-refractivity contribution in [2.45, 2.75) is 52.2 Å². The summed E-state index contributed by atoms with van der Waals surface area (Å²) in [7, 11) is 4.33. The molecule has 0 fully saturated rings. The second-order valence-corrected chi connectivity index (χ2v) is 13.1. The van der Waals surface area contributed by atoms with Crippen LogP contribution in [0.5, 0.6) is 11.5 Å². The largest absolute Gasteiger partial charge is 0.493 e. The second kappa shape index (κ2) is 16.4. The number of anilines is 2. The number of halogens is 2. The van der Waals surface area contributed by atoms with E-state index in [1.165, 1.54) is 28.3 Å². The van der Waals surface area contributed by atoms with Crippen LogP contribution in [0.15, 0.2) is 54.6 Å². The van der Waals surface area contributed by atoms with Crippen molar-refractivity contribution >= 4 is 58.3 Å². The van der Waals surface area contributed by atoms with Gasteiger partial charge < -0.3 is 33.9 Å². The minimum Gasteiger partial charge on any atom is -0.493 e. The number of carbonyl (C=O) groups is 4. The first-order valence-corrected chi connectivity index (χ1v) is 16.3. The highest BCUT2D eigenvalue weighted by Crippen LogP contribution is 2.45. The Morgan fingerprint density at radius 2 is 1.73 bits per heavy atom. The first-order valence-electron chi connectivity index (χ1n) is 15.5. The van der Waals surface area contributed by atoms with Gasteiger partial charge in [-0.1, -0.05) is 55.2 Å². The molecule has 0 aliphatic carbocycles. The molecule has 11 nitrogen and oxygen atoms in total. The highest BCUT2D eigenvalue weighted by atomic mass is 35.5. The maximum atomic E-state index is 14.5. The molecule has 0 saturated carbocycles. The Balaban J connectivity index is 1.76. The van der Waals surface area contributed by atoms with E-state index >= 15 is 0 Å². The van der Waals surface area contributed by atoms with E-state index in [9.17, 15) is 19.2 Å². The van der Waals surface area contributed by atoms with Gasteiger partial charge in [-0.3, -0.25) is 19.2 Å². The van der Waals surface area contributed by atoms with E-state index in [0.717, 1.165) is 5.56 Å². The molecule has 49 heavy (non-hydrogen) atoms. The van der Waals surface area contributed by atoms with Gasteiger partial charge in [-0.25, -0.2) is 0 Å². The summed E-state index contributed by atoms with van der Waals surface area (Å²) in [5.74, 6) is -1.01. The normalized spacial score (nSPS) is 15.9. The van der Waals surface area contributed by atoms with Crippen LogP contribution in [0.1, 0.15) is 56.4 Å². The number of aryl methyl sites for hydroxylation is 1. The smallest absolute Gasteiger partial charge is 0.305 e. The zero-order valence-corrected chi connectivity index (χ0v) is 29.8. The van der Waals surface area contributed by atoms with Crippen LogP contribution >= 0.6 is 23.2 Å². The number of rotatable bonds is 13. The first-order chi connectivity index (χ1) is 23.3. The number of methoxy groups -OCH3 is 3. The van der Waals surface area contributed by atoms with E-state index in [2.05, 4.69) is 5.32 Å². The number of nitrogens with zero attached hydrogens (tertiary/aromatic N) is 1. The summed E-state index contributed by atoms with van der Waals surface area (Å²) in [6, 6.07) is 15.4. The van der Waals surface area contributed by atoms with E-state index in [-0.39, 0.29) is 37.0 Å². The van der Waals surface area contributed by atoms with Crippen LogP contribution in [0, 0.1) is 5.41 Å². The summed E-state index contributed by atoms with van der Waals surface area (Å²) in [6.07, 6.45) is -2.07. The Bertz CT molecular complexity index is 1710. The number of nitrogens with one attached hydrogen (secondary N) is 1. The summed E-state index contributed by atoms with van der Waals surface area (Å²) in [4.78, 5) is 53.0. The number of esters is 2. The monoisotopic (exact) mass is 714 g/mol. The Kier molecular flexibility index (Phi) is 12.5. The molecule has 0 spiro atoms. The van der Waals surface area contributed by atoms with Crippen LogP contribution in [-0.2, 0) is 39.8 Å². The molecule has 1 aliphatic rings. The van der Waals surface area contributed by atoms with Gasteiger partial charge in [0.05, 0.1) is 45.1 Å². The molecule has 0 radical (unpaired) electrons. The zero-order chi connectivity index (χ0) is 35.9. The van der Waals surface area contributed by atoms with Crippen molar-refractivity contribution in [3.05, 3.63) is 81.3 Å². The highest BCUT2D eigenvalue weighted by molar-refractivity contribution is 6.33. The number of ether oxygens (including phenoxy) is 5. The second-order valence-electron chi connectivity index (χ2n) is 12.3. The average molecular weight is 716 g/mol. The van der Waals surface area contributed by atoms with Crippen molar-refractivity contribution in [3.63, 3.8) is 0 Å². The molecule has 1 heterocycles. The number of fused-ring (bicyclic) bond motifs is 1. The average Bonchev–Trinajstić information content (AvgIpc) is 3.17. The standard InChI is InChI=1S/C36H40Cl2N2O9/c1-21(41)48-20-36(2,3)19-40-28-14-12-23(37)17-25(28)33(24-8-7-9-29(45-4)34(24)47-6)49-30(35(40)44)18-31(42)39-27-16-22(10-13-26(27)38)11-15-32(43)46-5/h7-10,12-14,16-17,30,33H,11,15,18-20H2,1-6H3,(H,39,42)/t30-,33-/m1/s1. The third-order valence-corrected chi connectivity index (χ3v) is 8.46. The van der Waals surface area contributed by atoms with Crippen LogP contribution in [0.2, 0.25) is 10.0 Å². The number of carbonyl (C=O) groups excluding carboxylic acids is 4. The fourth-order valence-corrected chi connectivity index (χ4v) is 5.89. The molecule has 13 heteroatoms. The van der Waals surface area contributed by atoms with Crippen molar-refractivity contribution < 1.29 is 42.9 Å². The first kappa shape index (κ1) is 37.5. The van der Waals surface area contributed by atoms with E-state index in [0.29, 0.717) is 45.4 Å². The van der Waals surface area contributed by atoms with Gasteiger partial charge in [0.25, 0.3) is 5.91 Å². The SMILES string of the molecule is COC(=O)CCc1ccc(Cl)c(NC(=O)C[C@H]2O[C@H](c3cccc(OC)c3OC)c3cc(Cl)ccc3N(CC(C)(C)COC(C)=O)C2=O)c1. The molecular formula is C36H40Cl2N2O9. The van der Waals surface area contributed by atoms with Crippen molar-refractivity contribution in [1.82, 2.24) is 0 Å². The fraction of sp³-hybridized carbons (Fsp3) is 0.389. The molecule has 0 aromatic heterocycles. The Labute approximate surface area is 295 Å². The number of hydrogen-bond donors (Lipinski definition) is 1. The van der Waals surface area contributed by atoms with Gasteiger partial charge in [0.1, 0.15) is 12.2 Å². The minimum absolute atomic E-state index is 0.0407. The summed E-state index contributed by atoms with van der Waals surface area (Å²) in [5.41, 5.74) is 1.98. The van der Waals surface area contributed by atoms with Gasteiger partial charge in [0.15, 0.2) is 11.5 Å². The van der Waals surface area contributed by atoms with Gasteiger partial charge >= 0.3 is 11.9 Å².